The lowest BCUT2D eigenvalue weighted by Gasteiger charge is -2.68. The van der Waals surface area contributed by atoms with E-state index in [1.807, 2.05) is 0 Å². The van der Waals surface area contributed by atoms with Gasteiger partial charge in [0.15, 0.2) is 35.8 Å². The van der Waals surface area contributed by atoms with Gasteiger partial charge in [0.25, 0.3) is 0 Å². The number of ketones is 1. The first kappa shape index (κ1) is 44.7. The normalized spacial score (nSPS) is 36.5. The molecular formula is C42H48N2O17. The maximum absolute atomic E-state index is 14.9. The van der Waals surface area contributed by atoms with E-state index in [-0.39, 0.29) is 16.8 Å². The summed E-state index contributed by atoms with van der Waals surface area (Å²) in [5.74, 6) is -11.6. The van der Waals surface area contributed by atoms with Crippen molar-refractivity contribution in [2.75, 3.05) is 6.61 Å². The van der Waals surface area contributed by atoms with Crippen LogP contribution in [0.1, 0.15) is 101 Å². The second-order valence-corrected chi connectivity index (χ2v) is 16.4. The number of fused-ring (bicyclic) bond motifs is 5. The number of hydrogen-bond donors (Lipinski definition) is 1. The highest BCUT2D eigenvalue weighted by Crippen LogP contribution is 2.71. The fourth-order valence-electron chi connectivity index (χ4n) is 9.99. The number of ether oxygens (including phenoxy) is 8. The van der Waals surface area contributed by atoms with Crippen LogP contribution < -0.4 is 0 Å². The average molecular weight is 853 g/mol. The van der Waals surface area contributed by atoms with E-state index in [2.05, 4.69) is 9.97 Å². The Labute approximate surface area is 350 Å². The smallest absolute Gasteiger partial charge is 0.340 e. The second kappa shape index (κ2) is 16.2. The SMILES string of the molecule is CC(=O)OC1C2C(OC(C)=O)C34OC2(C)COC(=O)c2cccnc2C(C)C(C)C(=O)OC(C(OC(C)=O)C(OC(C)=O)C3(CC(=O)c2cccnc2)C1OC(C)=O)C4(C)O. The van der Waals surface area contributed by atoms with Crippen molar-refractivity contribution in [1.82, 2.24) is 9.97 Å². The molecule has 1 saturated heterocycles. The molecule has 13 unspecified atom stereocenters. The van der Waals surface area contributed by atoms with Gasteiger partial charge in [0.2, 0.25) is 0 Å². The van der Waals surface area contributed by atoms with Crippen molar-refractivity contribution in [3.63, 3.8) is 0 Å². The Morgan fingerprint density at radius 3 is 1.90 bits per heavy atom. The minimum absolute atomic E-state index is 0.0448. The lowest BCUT2D eigenvalue weighted by atomic mass is 9.43. The van der Waals surface area contributed by atoms with Crippen LogP contribution in [0.4, 0.5) is 0 Å². The van der Waals surface area contributed by atoms with Gasteiger partial charge in [-0.2, -0.15) is 0 Å². The molecule has 19 nitrogen and oxygen atoms in total. The van der Waals surface area contributed by atoms with Crippen molar-refractivity contribution in [2.24, 2.45) is 17.3 Å². The minimum atomic E-state index is -2.85. The van der Waals surface area contributed by atoms with Crippen LogP contribution in [-0.4, -0.2) is 123 Å². The molecule has 2 aromatic heterocycles. The number of rotatable bonds is 8. The molecule has 0 aromatic carbocycles. The molecule has 2 aromatic rings. The Morgan fingerprint density at radius 2 is 1.33 bits per heavy atom. The number of carbonyl (C=O) groups is 8. The van der Waals surface area contributed by atoms with Gasteiger partial charge in [0, 0.05) is 71.1 Å². The Bertz CT molecular complexity index is 2140. The van der Waals surface area contributed by atoms with Crippen LogP contribution in [-0.2, 0) is 66.7 Å². The van der Waals surface area contributed by atoms with Crippen LogP contribution in [0.2, 0.25) is 0 Å². The number of aliphatic hydroxyl groups is 1. The third-order valence-electron chi connectivity index (χ3n) is 12.4. The number of carbonyl (C=O) groups excluding carboxylic acids is 8. The standard InChI is InChI=1S/C42H48N2O17/c1-19-20(2)37(51)60-34-32(56-22(4)46)36(59-25(7)49)41(16-28(50)26-12-10-14-43-17-26)35(58-24(6)48)31(55-21(3)45)29-33(57-23(5)47)42(41,40(34,9)53)61-39(29,8)18-54-38(52)27-13-11-15-44-30(19)27/h10-15,17,19-20,29,31-36,53H,16,18H2,1-9H3. The topological polar surface area (TPSA) is 256 Å². The molecule has 4 heterocycles. The van der Waals surface area contributed by atoms with Crippen molar-refractivity contribution in [3.8, 4) is 0 Å². The molecule has 13 atom stereocenters. The highest BCUT2D eigenvalue weighted by Gasteiger charge is 2.91. The van der Waals surface area contributed by atoms with Crippen LogP contribution in [0.25, 0.3) is 0 Å². The molecule has 4 bridgehead atoms. The molecule has 6 rings (SSSR count). The number of nitrogens with zero attached hydrogens (tertiary/aromatic N) is 2. The first-order valence-corrected chi connectivity index (χ1v) is 19.6. The molecule has 0 radical (unpaired) electrons. The molecule has 1 spiro atoms. The summed E-state index contributed by atoms with van der Waals surface area (Å²) in [6.45, 7) is 9.78. The van der Waals surface area contributed by atoms with Gasteiger partial charge in [0.1, 0.15) is 30.0 Å². The van der Waals surface area contributed by atoms with Gasteiger partial charge in [-0.05, 0) is 38.1 Å². The highest BCUT2D eigenvalue weighted by atomic mass is 16.7. The maximum Gasteiger partial charge on any atom is 0.340 e. The molecule has 328 valence electrons. The van der Waals surface area contributed by atoms with E-state index < -0.39 is 137 Å². The Kier molecular flexibility index (Phi) is 11.9. The molecule has 2 saturated carbocycles. The van der Waals surface area contributed by atoms with Crippen LogP contribution in [0.15, 0.2) is 42.9 Å². The lowest BCUT2D eigenvalue weighted by molar-refractivity contribution is -0.380. The molecule has 3 fully saturated rings. The maximum atomic E-state index is 14.9. The monoisotopic (exact) mass is 852 g/mol. The summed E-state index contributed by atoms with van der Waals surface area (Å²) >= 11 is 0. The molecular weight excluding hydrogens is 804 g/mol. The molecule has 4 aliphatic rings. The predicted molar refractivity (Wildman–Crippen MR) is 202 cm³/mol. The summed E-state index contributed by atoms with van der Waals surface area (Å²) in [5.41, 5.74) is -10.3. The zero-order valence-electron chi connectivity index (χ0n) is 35.0. The molecule has 61 heavy (non-hydrogen) atoms. The summed E-state index contributed by atoms with van der Waals surface area (Å²) in [6, 6.07) is 5.74. The van der Waals surface area contributed by atoms with Crippen molar-refractivity contribution >= 4 is 47.6 Å². The summed E-state index contributed by atoms with van der Waals surface area (Å²) in [7, 11) is 0. The van der Waals surface area contributed by atoms with Gasteiger partial charge in [-0.25, -0.2) is 4.79 Å². The Balaban J connectivity index is 1.82. The zero-order valence-corrected chi connectivity index (χ0v) is 35.0. The minimum Gasteiger partial charge on any atom is -0.459 e. The fraction of sp³-hybridized carbons (Fsp3) is 0.571. The highest BCUT2D eigenvalue weighted by molar-refractivity contribution is 5.97. The summed E-state index contributed by atoms with van der Waals surface area (Å²) in [4.78, 5) is 119. The van der Waals surface area contributed by atoms with Crippen LogP contribution in [0, 0.1) is 17.3 Å². The largest absolute Gasteiger partial charge is 0.459 e. The second-order valence-electron chi connectivity index (χ2n) is 16.4. The van der Waals surface area contributed by atoms with E-state index >= 15 is 0 Å². The Hall–Kier alpha value is -5.82. The number of cyclic esters (lactones) is 1. The van der Waals surface area contributed by atoms with Crippen LogP contribution in [0.5, 0.6) is 0 Å². The van der Waals surface area contributed by atoms with Gasteiger partial charge in [-0.1, -0.05) is 13.8 Å². The summed E-state index contributed by atoms with van der Waals surface area (Å²) < 4.78 is 49.5. The van der Waals surface area contributed by atoms with Gasteiger partial charge in [-0.3, -0.25) is 43.5 Å². The fourth-order valence-corrected chi connectivity index (χ4v) is 9.99. The van der Waals surface area contributed by atoms with Crippen molar-refractivity contribution in [2.45, 2.75) is 128 Å². The first-order chi connectivity index (χ1) is 28.5. The van der Waals surface area contributed by atoms with Crippen LogP contribution >= 0.6 is 0 Å². The first-order valence-electron chi connectivity index (χ1n) is 19.6. The van der Waals surface area contributed by atoms with Crippen LogP contribution in [0.3, 0.4) is 0 Å². The van der Waals surface area contributed by atoms with Crippen molar-refractivity contribution in [3.05, 3.63) is 59.7 Å². The molecule has 1 N–H and O–H groups in total. The van der Waals surface area contributed by atoms with Gasteiger partial charge in [0.05, 0.1) is 28.5 Å². The van der Waals surface area contributed by atoms with Gasteiger partial charge in [-0.15, -0.1) is 0 Å². The zero-order chi connectivity index (χ0) is 45.0. The number of aromatic nitrogens is 2. The predicted octanol–water partition coefficient (Wildman–Crippen LogP) is 2.14. The summed E-state index contributed by atoms with van der Waals surface area (Å²) in [6.07, 6.45) is -9.08. The van der Waals surface area contributed by atoms with E-state index in [9.17, 15) is 43.5 Å². The van der Waals surface area contributed by atoms with E-state index in [0.717, 1.165) is 41.5 Å². The lowest BCUT2D eigenvalue weighted by Crippen LogP contribution is -2.88. The average Bonchev–Trinajstić information content (AvgIpc) is 3.40. The number of Topliss-reactive ketones (excluding diaryl/α,β-unsaturated/α-hetero) is 1. The van der Waals surface area contributed by atoms with Gasteiger partial charge >= 0.3 is 41.8 Å². The summed E-state index contributed by atoms with van der Waals surface area (Å²) in [5, 5.41) is 13.6. The van der Waals surface area contributed by atoms with E-state index in [4.69, 9.17) is 37.9 Å². The number of hydrogen-bond acceptors (Lipinski definition) is 19. The molecule has 0 amide bonds. The van der Waals surface area contributed by atoms with Gasteiger partial charge < -0.3 is 43.0 Å². The number of esters is 7. The molecule has 2 aliphatic carbocycles. The van der Waals surface area contributed by atoms with E-state index in [1.165, 1.54) is 56.7 Å². The van der Waals surface area contributed by atoms with Crippen molar-refractivity contribution < 1.29 is 81.4 Å². The molecule has 19 heteroatoms. The third kappa shape index (κ3) is 7.30. The Morgan fingerprint density at radius 1 is 0.770 bits per heavy atom. The van der Waals surface area contributed by atoms with E-state index in [1.54, 1.807) is 6.92 Å². The quantitative estimate of drug-likeness (QED) is 0.227. The molecule has 2 aliphatic heterocycles. The third-order valence-corrected chi connectivity index (χ3v) is 12.4. The van der Waals surface area contributed by atoms with E-state index in [0.29, 0.717) is 0 Å². The van der Waals surface area contributed by atoms with Crippen molar-refractivity contribution in [1.29, 1.82) is 0 Å². The number of pyridine rings is 2.